The number of halogens is 1. The van der Waals surface area contributed by atoms with Crippen molar-refractivity contribution in [3.63, 3.8) is 0 Å². The van der Waals surface area contributed by atoms with E-state index in [0.29, 0.717) is 18.0 Å². The first-order valence-electron chi connectivity index (χ1n) is 11.5. The second-order valence-electron chi connectivity index (χ2n) is 8.52. The first-order valence-corrected chi connectivity index (χ1v) is 12.9. The fraction of sp³-hybridized carbons (Fsp3) is 0.462. The highest BCUT2D eigenvalue weighted by atomic mass is 35.5. The smallest absolute Gasteiger partial charge is 0.243 e. The van der Waals surface area contributed by atoms with Gasteiger partial charge in [-0.3, -0.25) is 9.59 Å². The van der Waals surface area contributed by atoms with Gasteiger partial charge in [-0.15, -0.1) is 11.8 Å². The van der Waals surface area contributed by atoms with Crippen LogP contribution >= 0.6 is 23.4 Å². The van der Waals surface area contributed by atoms with Gasteiger partial charge in [0.05, 0.1) is 5.75 Å². The molecule has 0 heterocycles. The molecule has 1 aliphatic carbocycles. The van der Waals surface area contributed by atoms with E-state index >= 15 is 0 Å². The lowest BCUT2D eigenvalue weighted by atomic mass is 9.95. The lowest BCUT2D eigenvalue weighted by Gasteiger charge is -2.32. The van der Waals surface area contributed by atoms with Crippen LogP contribution < -0.4 is 5.32 Å². The summed E-state index contributed by atoms with van der Waals surface area (Å²) in [5.74, 6) is 0.216. The first-order chi connectivity index (χ1) is 15.5. The molecule has 2 aromatic carbocycles. The molecule has 0 saturated heterocycles. The van der Waals surface area contributed by atoms with Gasteiger partial charge in [0.25, 0.3) is 0 Å². The molecule has 1 atom stereocenters. The number of nitrogens with zero attached hydrogens (tertiary/aromatic N) is 1. The van der Waals surface area contributed by atoms with Gasteiger partial charge in [0.2, 0.25) is 11.8 Å². The van der Waals surface area contributed by atoms with Crippen molar-refractivity contribution in [2.75, 3.05) is 5.75 Å². The summed E-state index contributed by atoms with van der Waals surface area (Å²) in [6, 6.07) is 15.4. The summed E-state index contributed by atoms with van der Waals surface area (Å²) in [5, 5.41) is 3.90. The molecule has 0 bridgehead atoms. The van der Waals surface area contributed by atoms with E-state index in [1.165, 1.54) is 23.7 Å². The van der Waals surface area contributed by atoms with Crippen LogP contribution in [0.25, 0.3) is 0 Å². The monoisotopic (exact) mass is 472 g/mol. The summed E-state index contributed by atoms with van der Waals surface area (Å²) in [5.41, 5.74) is 2.20. The molecule has 1 N–H and O–H groups in total. The molecule has 4 nitrogen and oxygen atoms in total. The average molecular weight is 473 g/mol. The second kappa shape index (κ2) is 12.3. The summed E-state index contributed by atoms with van der Waals surface area (Å²) in [6.45, 7) is 4.45. The van der Waals surface area contributed by atoms with Crippen molar-refractivity contribution in [3.05, 3.63) is 64.7 Å². The molecule has 1 fully saturated rings. The van der Waals surface area contributed by atoms with Gasteiger partial charge in [0.1, 0.15) is 6.04 Å². The number of hydrogen-bond donors (Lipinski definition) is 1. The number of aryl methyl sites for hydroxylation is 1. The van der Waals surface area contributed by atoms with E-state index < -0.39 is 6.04 Å². The van der Waals surface area contributed by atoms with Gasteiger partial charge < -0.3 is 10.2 Å². The molecule has 1 aliphatic rings. The predicted molar refractivity (Wildman–Crippen MR) is 133 cm³/mol. The summed E-state index contributed by atoms with van der Waals surface area (Å²) < 4.78 is 0. The zero-order valence-electron chi connectivity index (χ0n) is 19.0. The van der Waals surface area contributed by atoms with Crippen LogP contribution in [0.4, 0.5) is 0 Å². The number of nitrogens with one attached hydrogen (secondary N) is 1. The normalized spacial score (nSPS) is 15.2. The van der Waals surface area contributed by atoms with Crippen LogP contribution in [-0.2, 0) is 16.1 Å². The van der Waals surface area contributed by atoms with Crippen LogP contribution in [0.2, 0.25) is 5.02 Å². The zero-order valence-corrected chi connectivity index (χ0v) is 20.6. The molecule has 1 saturated carbocycles. The van der Waals surface area contributed by atoms with Gasteiger partial charge in [0, 0.05) is 22.5 Å². The standard InChI is InChI=1S/C26H33ClN2O2S/c1-3-24(26(31)28-22-7-5-4-6-8-22)29(17-20-11-9-19(2)10-12-20)25(30)18-32-23-15-13-21(27)14-16-23/h9-16,22,24H,3-8,17-18H2,1-2H3,(H,28,31). The third kappa shape index (κ3) is 7.28. The first kappa shape index (κ1) is 24.7. The number of hydrogen-bond acceptors (Lipinski definition) is 3. The Hall–Kier alpha value is -1.98. The molecule has 3 rings (SSSR count). The van der Waals surface area contributed by atoms with Crippen molar-refractivity contribution in [1.29, 1.82) is 0 Å². The van der Waals surface area contributed by atoms with E-state index in [-0.39, 0.29) is 23.6 Å². The molecular formula is C26H33ClN2O2S. The van der Waals surface area contributed by atoms with Crippen LogP contribution in [0, 0.1) is 6.92 Å². The van der Waals surface area contributed by atoms with E-state index in [9.17, 15) is 9.59 Å². The maximum Gasteiger partial charge on any atom is 0.243 e. The summed E-state index contributed by atoms with van der Waals surface area (Å²) in [4.78, 5) is 29.3. The minimum Gasteiger partial charge on any atom is -0.352 e. The van der Waals surface area contributed by atoms with E-state index in [4.69, 9.17) is 11.6 Å². The number of benzene rings is 2. The topological polar surface area (TPSA) is 49.4 Å². The number of rotatable bonds is 9. The van der Waals surface area contributed by atoms with E-state index in [1.54, 1.807) is 4.90 Å². The van der Waals surface area contributed by atoms with Crippen molar-refractivity contribution in [2.45, 2.75) is 75.9 Å². The van der Waals surface area contributed by atoms with Crippen LogP contribution in [0.3, 0.4) is 0 Å². The van der Waals surface area contributed by atoms with Gasteiger partial charge in [-0.25, -0.2) is 0 Å². The van der Waals surface area contributed by atoms with Gasteiger partial charge >= 0.3 is 0 Å². The zero-order chi connectivity index (χ0) is 22.9. The third-order valence-corrected chi connectivity index (χ3v) is 7.24. The molecule has 172 valence electrons. The number of thioether (sulfide) groups is 1. The fourth-order valence-corrected chi connectivity index (χ4v) is 5.02. The van der Waals surface area contributed by atoms with Gasteiger partial charge in [-0.1, -0.05) is 67.6 Å². The van der Waals surface area contributed by atoms with Crippen LogP contribution in [0.1, 0.15) is 56.6 Å². The highest BCUT2D eigenvalue weighted by Gasteiger charge is 2.30. The van der Waals surface area contributed by atoms with Crippen molar-refractivity contribution in [2.24, 2.45) is 0 Å². The molecule has 0 radical (unpaired) electrons. The molecule has 0 aliphatic heterocycles. The van der Waals surface area contributed by atoms with Crippen LogP contribution in [0.15, 0.2) is 53.4 Å². The maximum absolute atomic E-state index is 13.4. The third-order valence-electron chi connectivity index (χ3n) is 5.99. The molecular weight excluding hydrogens is 440 g/mol. The Labute approximate surface area is 201 Å². The van der Waals surface area contributed by atoms with Crippen molar-refractivity contribution < 1.29 is 9.59 Å². The molecule has 32 heavy (non-hydrogen) atoms. The summed E-state index contributed by atoms with van der Waals surface area (Å²) in [6.07, 6.45) is 6.20. The quantitative estimate of drug-likeness (QED) is 0.455. The second-order valence-corrected chi connectivity index (χ2v) is 10.0. The lowest BCUT2D eigenvalue weighted by Crippen LogP contribution is -2.52. The summed E-state index contributed by atoms with van der Waals surface area (Å²) in [7, 11) is 0. The molecule has 2 amide bonds. The SMILES string of the molecule is CCC(C(=O)NC1CCCCC1)N(Cc1ccc(C)cc1)C(=O)CSc1ccc(Cl)cc1. The predicted octanol–water partition coefficient (Wildman–Crippen LogP) is 6.00. The largest absolute Gasteiger partial charge is 0.352 e. The molecule has 0 aromatic heterocycles. The molecule has 6 heteroatoms. The Morgan fingerprint density at radius 2 is 1.72 bits per heavy atom. The van der Waals surface area contributed by atoms with Gasteiger partial charge in [-0.2, -0.15) is 0 Å². The number of carbonyl (C=O) groups is 2. The van der Waals surface area contributed by atoms with Crippen molar-refractivity contribution in [1.82, 2.24) is 10.2 Å². The minimum absolute atomic E-state index is 0.0312. The molecule has 1 unspecified atom stereocenters. The van der Waals surface area contributed by atoms with Crippen molar-refractivity contribution in [3.8, 4) is 0 Å². The fourth-order valence-electron chi connectivity index (χ4n) is 4.11. The summed E-state index contributed by atoms with van der Waals surface area (Å²) >= 11 is 7.44. The number of carbonyl (C=O) groups excluding carboxylic acids is 2. The Kier molecular flexibility index (Phi) is 9.49. The number of amides is 2. The maximum atomic E-state index is 13.4. The van der Waals surface area contributed by atoms with Gasteiger partial charge in [0.15, 0.2) is 0 Å². The highest BCUT2D eigenvalue weighted by molar-refractivity contribution is 8.00. The Morgan fingerprint density at radius 3 is 2.34 bits per heavy atom. The minimum atomic E-state index is -0.475. The van der Waals surface area contributed by atoms with Crippen LogP contribution in [0.5, 0.6) is 0 Å². The van der Waals surface area contributed by atoms with E-state index in [2.05, 4.69) is 5.32 Å². The Morgan fingerprint density at radius 1 is 1.06 bits per heavy atom. The average Bonchev–Trinajstić information content (AvgIpc) is 2.80. The Balaban J connectivity index is 1.73. The lowest BCUT2D eigenvalue weighted by molar-refractivity contribution is -0.139. The van der Waals surface area contributed by atoms with E-state index in [0.717, 1.165) is 36.1 Å². The Bertz CT molecular complexity index is 880. The van der Waals surface area contributed by atoms with Gasteiger partial charge in [-0.05, 0) is 56.0 Å². The molecule has 2 aromatic rings. The van der Waals surface area contributed by atoms with E-state index in [1.807, 2.05) is 62.4 Å². The van der Waals surface area contributed by atoms with Crippen molar-refractivity contribution >= 4 is 35.2 Å². The highest BCUT2D eigenvalue weighted by Crippen LogP contribution is 2.23. The molecule has 0 spiro atoms. The van der Waals surface area contributed by atoms with Crippen LogP contribution in [-0.4, -0.2) is 34.6 Å².